The van der Waals surface area contributed by atoms with Gasteiger partial charge in [0.2, 0.25) is 10.0 Å². The van der Waals surface area contributed by atoms with Crippen LogP contribution in [0.2, 0.25) is 0 Å². The highest BCUT2D eigenvalue weighted by Crippen LogP contribution is 2.31. The lowest BCUT2D eigenvalue weighted by Gasteiger charge is -2.21. The van der Waals surface area contributed by atoms with E-state index in [1.54, 1.807) is 4.31 Å². The first-order valence-corrected chi connectivity index (χ1v) is 9.82. The molecule has 0 amide bonds. The van der Waals surface area contributed by atoms with E-state index >= 15 is 0 Å². The van der Waals surface area contributed by atoms with Crippen molar-refractivity contribution in [1.82, 2.24) is 9.21 Å². The third-order valence-corrected chi connectivity index (χ3v) is 7.11. The molecule has 1 saturated carbocycles. The van der Waals surface area contributed by atoms with Gasteiger partial charge < -0.3 is 4.42 Å². The largest absolute Gasteiger partial charge is 0.460 e. The van der Waals surface area contributed by atoms with Crippen LogP contribution in [0.5, 0.6) is 0 Å². The van der Waals surface area contributed by atoms with Crippen molar-refractivity contribution in [2.24, 2.45) is 0 Å². The van der Waals surface area contributed by atoms with E-state index in [1.807, 2.05) is 18.2 Å². The number of hydrogen-bond acceptors (Lipinski definition) is 4. The van der Waals surface area contributed by atoms with Gasteiger partial charge in [0, 0.05) is 25.0 Å². The minimum atomic E-state index is -3.05. The second-order valence-corrected chi connectivity index (χ2v) is 8.74. The summed E-state index contributed by atoms with van der Waals surface area (Å²) in [6.45, 7) is 3.66. The fraction of sp³-hybridized carbons (Fsp3) is 0.529. The van der Waals surface area contributed by atoms with Crippen molar-refractivity contribution in [3.8, 4) is 0 Å². The Kier molecular flexibility index (Phi) is 3.91. The van der Waals surface area contributed by atoms with Crippen LogP contribution in [0.25, 0.3) is 11.0 Å². The number of nitrogens with zero attached hydrogens (tertiary/aromatic N) is 2. The summed E-state index contributed by atoms with van der Waals surface area (Å²) in [5.74, 6) is 0.949. The third kappa shape index (κ3) is 3.16. The van der Waals surface area contributed by atoms with Crippen molar-refractivity contribution in [3.05, 3.63) is 36.1 Å². The first kappa shape index (κ1) is 15.2. The van der Waals surface area contributed by atoms with Gasteiger partial charge in [0.15, 0.2) is 0 Å². The first-order chi connectivity index (χ1) is 11.1. The lowest BCUT2D eigenvalue weighted by Crippen LogP contribution is -2.37. The maximum absolute atomic E-state index is 12.4. The normalized spacial score (nSPS) is 21.6. The molecule has 0 spiro atoms. The van der Waals surface area contributed by atoms with Gasteiger partial charge >= 0.3 is 0 Å². The quantitative estimate of drug-likeness (QED) is 0.862. The van der Waals surface area contributed by atoms with Crippen molar-refractivity contribution >= 4 is 21.0 Å². The van der Waals surface area contributed by atoms with Gasteiger partial charge in [0.1, 0.15) is 11.3 Å². The second kappa shape index (κ2) is 5.92. The fourth-order valence-corrected chi connectivity index (χ4v) is 5.14. The lowest BCUT2D eigenvalue weighted by molar-refractivity contribution is 0.258. The van der Waals surface area contributed by atoms with E-state index in [-0.39, 0.29) is 5.25 Å². The maximum atomic E-state index is 12.4. The van der Waals surface area contributed by atoms with Crippen LogP contribution in [0, 0.1) is 0 Å². The molecule has 0 bridgehead atoms. The Hall–Kier alpha value is -1.37. The standard InChI is InChI=1S/C17H22N2O3S/c20-23(21,16-6-7-16)19-9-3-8-18(10-11-19)13-15-12-14-4-1-2-5-17(14)22-15/h1-2,4-5,12,16H,3,6-11,13H2. The topological polar surface area (TPSA) is 53.8 Å². The number of hydrogen-bond donors (Lipinski definition) is 0. The molecule has 23 heavy (non-hydrogen) atoms. The second-order valence-electron chi connectivity index (χ2n) is 6.52. The molecular weight excluding hydrogens is 312 g/mol. The summed E-state index contributed by atoms with van der Waals surface area (Å²) in [6, 6.07) is 10.1. The van der Waals surface area contributed by atoms with E-state index in [4.69, 9.17) is 4.42 Å². The van der Waals surface area contributed by atoms with Crippen molar-refractivity contribution in [3.63, 3.8) is 0 Å². The van der Waals surface area contributed by atoms with Gasteiger partial charge in [-0.25, -0.2) is 12.7 Å². The molecule has 0 N–H and O–H groups in total. The first-order valence-electron chi connectivity index (χ1n) is 8.32. The minimum absolute atomic E-state index is 0.107. The molecular formula is C17H22N2O3S. The maximum Gasteiger partial charge on any atom is 0.217 e. The van der Waals surface area contributed by atoms with Crippen LogP contribution in [0.4, 0.5) is 0 Å². The zero-order valence-electron chi connectivity index (χ0n) is 13.1. The summed E-state index contributed by atoms with van der Waals surface area (Å²) in [7, 11) is -3.05. The number of sulfonamides is 1. The van der Waals surface area contributed by atoms with Gasteiger partial charge in [-0.3, -0.25) is 4.90 Å². The Bertz CT molecular complexity index is 762. The Morgan fingerprint density at radius 3 is 2.70 bits per heavy atom. The Morgan fingerprint density at radius 1 is 1.09 bits per heavy atom. The van der Waals surface area contributed by atoms with Crippen molar-refractivity contribution < 1.29 is 12.8 Å². The molecule has 2 aromatic rings. The van der Waals surface area contributed by atoms with Crippen LogP contribution >= 0.6 is 0 Å². The molecule has 2 heterocycles. The molecule has 1 aliphatic carbocycles. The van der Waals surface area contributed by atoms with E-state index in [0.717, 1.165) is 55.6 Å². The van der Waals surface area contributed by atoms with Crippen LogP contribution < -0.4 is 0 Å². The van der Waals surface area contributed by atoms with Crippen LogP contribution in [-0.4, -0.2) is 49.1 Å². The molecule has 5 nitrogen and oxygen atoms in total. The van der Waals surface area contributed by atoms with Crippen molar-refractivity contribution in [1.29, 1.82) is 0 Å². The fourth-order valence-electron chi connectivity index (χ4n) is 3.27. The van der Waals surface area contributed by atoms with Crippen LogP contribution in [0.1, 0.15) is 25.0 Å². The molecule has 1 aliphatic heterocycles. The summed E-state index contributed by atoms with van der Waals surface area (Å²) >= 11 is 0. The van der Waals surface area contributed by atoms with E-state index in [0.29, 0.717) is 13.1 Å². The van der Waals surface area contributed by atoms with Gasteiger partial charge in [0.05, 0.1) is 11.8 Å². The van der Waals surface area contributed by atoms with Gasteiger partial charge in [-0.15, -0.1) is 0 Å². The summed E-state index contributed by atoms with van der Waals surface area (Å²) in [5, 5.41) is 1.01. The van der Waals surface area contributed by atoms with E-state index < -0.39 is 10.0 Å². The average Bonchev–Trinajstić information content (AvgIpc) is 3.33. The molecule has 1 saturated heterocycles. The molecule has 2 aliphatic rings. The van der Waals surface area contributed by atoms with Crippen molar-refractivity contribution in [2.45, 2.75) is 31.1 Å². The number of furan rings is 1. The van der Waals surface area contributed by atoms with Gasteiger partial charge in [0.25, 0.3) is 0 Å². The molecule has 124 valence electrons. The monoisotopic (exact) mass is 334 g/mol. The smallest absolute Gasteiger partial charge is 0.217 e. The number of fused-ring (bicyclic) bond motifs is 1. The van der Waals surface area contributed by atoms with E-state index in [2.05, 4.69) is 17.0 Å². The lowest BCUT2D eigenvalue weighted by atomic mass is 10.2. The molecule has 0 radical (unpaired) electrons. The molecule has 6 heteroatoms. The Balaban J connectivity index is 1.42. The molecule has 0 atom stereocenters. The number of rotatable bonds is 4. The predicted molar refractivity (Wildman–Crippen MR) is 89.6 cm³/mol. The predicted octanol–water partition coefficient (Wildman–Crippen LogP) is 2.43. The van der Waals surface area contributed by atoms with Crippen LogP contribution in [-0.2, 0) is 16.6 Å². The summed E-state index contributed by atoms with van der Waals surface area (Å²) in [4.78, 5) is 2.29. The molecule has 4 rings (SSSR count). The average molecular weight is 334 g/mol. The summed E-state index contributed by atoms with van der Waals surface area (Å²) < 4.78 is 32.3. The van der Waals surface area contributed by atoms with Gasteiger partial charge in [-0.1, -0.05) is 18.2 Å². The highest BCUT2D eigenvalue weighted by molar-refractivity contribution is 7.90. The summed E-state index contributed by atoms with van der Waals surface area (Å²) in [5.41, 5.74) is 0.912. The highest BCUT2D eigenvalue weighted by atomic mass is 32.2. The SMILES string of the molecule is O=S(=O)(C1CC1)N1CCCN(Cc2cc3ccccc3o2)CC1. The van der Waals surface area contributed by atoms with Crippen LogP contribution in [0.15, 0.2) is 34.7 Å². The molecule has 1 aromatic carbocycles. The minimum Gasteiger partial charge on any atom is -0.460 e. The molecule has 0 unspecified atom stereocenters. The number of para-hydroxylation sites is 1. The van der Waals surface area contributed by atoms with E-state index in [1.165, 1.54) is 0 Å². The van der Waals surface area contributed by atoms with Crippen molar-refractivity contribution in [2.75, 3.05) is 26.2 Å². The molecule has 1 aromatic heterocycles. The summed E-state index contributed by atoms with van der Waals surface area (Å²) in [6.07, 6.45) is 2.55. The third-order valence-electron chi connectivity index (χ3n) is 4.71. The zero-order valence-corrected chi connectivity index (χ0v) is 14.0. The molecule has 2 fully saturated rings. The van der Waals surface area contributed by atoms with Crippen LogP contribution in [0.3, 0.4) is 0 Å². The van der Waals surface area contributed by atoms with Gasteiger partial charge in [-0.05, 0) is 37.9 Å². The number of benzene rings is 1. The highest BCUT2D eigenvalue weighted by Gasteiger charge is 2.40. The zero-order chi connectivity index (χ0) is 15.9. The Labute approximate surface area is 136 Å². The van der Waals surface area contributed by atoms with Gasteiger partial charge in [-0.2, -0.15) is 0 Å². The van der Waals surface area contributed by atoms with E-state index in [9.17, 15) is 8.42 Å². The Morgan fingerprint density at radius 2 is 1.91 bits per heavy atom.